The Labute approximate surface area is 96.5 Å². The Balaban J connectivity index is 2.90. The van der Waals surface area contributed by atoms with Crippen LogP contribution in [0.3, 0.4) is 0 Å². The number of carbonyl (C=O) groups excluding carboxylic acids is 1. The van der Waals surface area contributed by atoms with E-state index in [4.69, 9.17) is 0 Å². The maximum absolute atomic E-state index is 11.7. The van der Waals surface area contributed by atoms with Gasteiger partial charge in [-0.15, -0.1) is 0 Å². The zero-order chi connectivity index (χ0) is 12.6. The average Bonchev–Trinajstić information content (AvgIpc) is 2.12. The lowest BCUT2D eigenvalue weighted by molar-refractivity contribution is -0.143. The van der Waals surface area contributed by atoms with Crippen molar-refractivity contribution in [3.05, 3.63) is 0 Å². The molecule has 1 N–H and O–H groups in total. The Kier molecular flexibility index (Phi) is 3.64. The van der Waals surface area contributed by atoms with Crippen molar-refractivity contribution in [2.75, 3.05) is 18.6 Å². The average molecular weight is 249 g/mol. The molecule has 0 amide bonds. The van der Waals surface area contributed by atoms with Crippen molar-refractivity contribution >= 4 is 15.8 Å². The standard InChI is InChI=1S/C10H19NO4S/c1-10(2,3)8-6-16(13,14)5-7(11-8)9(12)15-4/h7-8,11H,5-6H2,1-4H3. The molecule has 1 aliphatic heterocycles. The molecule has 16 heavy (non-hydrogen) atoms. The largest absolute Gasteiger partial charge is 0.468 e. The molecule has 6 heteroatoms. The van der Waals surface area contributed by atoms with Gasteiger partial charge in [0.1, 0.15) is 6.04 Å². The number of nitrogens with one attached hydrogen (secondary N) is 1. The fourth-order valence-corrected chi connectivity index (χ4v) is 3.67. The van der Waals surface area contributed by atoms with Crippen molar-refractivity contribution in [3.8, 4) is 0 Å². The van der Waals surface area contributed by atoms with Gasteiger partial charge in [-0.2, -0.15) is 0 Å². The van der Waals surface area contributed by atoms with Gasteiger partial charge in [-0.05, 0) is 5.41 Å². The summed E-state index contributed by atoms with van der Waals surface area (Å²) in [5, 5.41) is 3.05. The van der Waals surface area contributed by atoms with E-state index in [1.165, 1.54) is 7.11 Å². The van der Waals surface area contributed by atoms with E-state index in [1.54, 1.807) is 0 Å². The van der Waals surface area contributed by atoms with E-state index in [9.17, 15) is 13.2 Å². The van der Waals surface area contributed by atoms with E-state index >= 15 is 0 Å². The monoisotopic (exact) mass is 249 g/mol. The quantitative estimate of drug-likeness (QED) is 0.660. The lowest BCUT2D eigenvalue weighted by Crippen LogP contribution is -2.59. The molecule has 94 valence electrons. The molecule has 0 aromatic carbocycles. The summed E-state index contributed by atoms with van der Waals surface area (Å²) in [5.74, 6) is -0.617. The van der Waals surface area contributed by atoms with E-state index in [1.807, 2.05) is 20.8 Å². The minimum absolute atomic E-state index is 0.0734. The van der Waals surface area contributed by atoms with Gasteiger partial charge in [0.05, 0.1) is 18.6 Å². The third-order valence-electron chi connectivity index (χ3n) is 2.77. The van der Waals surface area contributed by atoms with Crippen LogP contribution in [-0.2, 0) is 19.4 Å². The van der Waals surface area contributed by atoms with Crippen LogP contribution in [0.5, 0.6) is 0 Å². The molecule has 2 unspecified atom stereocenters. The second-order valence-electron chi connectivity index (χ2n) is 5.24. The highest BCUT2D eigenvalue weighted by molar-refractivity contribution is 7.91. The zero-order valence-corrected chi connectivity index (χ0v) is 10.9. The van der Waals surface area contributed by atoms with Crippen LogP contribution in [0.2, 0.25) is 0 Å². The third kappa shape index (κ3) is 3.18. The Hall–Kier alpha value is -0.620. The number of hydrogen-bond donors (Lipinski definition) is 1. The van der Waals surface area contributed by atoms with Gasteiger partial charge in [-0.1, -0.05) is 20.8 Å². The highest BCUT2D eigenvalue weighted by Crippen LogP contribution is 2.24. The molecule has 5 nitrogen and oxygen atoms in total. The Bertz CT molecular complexity index is 369. The first-order chi connectivity index (χ1) is 7.15. The predicted octanol–water partition coefficient (Wildman–Crippen LogP) is -0.0393. The number of ether oxygens (including phenoxy) is 1. The van der Waals surface area contributed by atoms with Crippen molar-refractivity contribution in [2.24, 2.45) is 5.41 Å². The maximum Gasteiger partial charge on any atom is 0.323 e. The highest BCUT2D eigenvalue weighted by atomic mass is 32.2. The molecule has 0 aliphatic carbocycles. The van der Waals surface area contributed by atoms with Gasteiger partial charge in [-0.25, -0.2) is 8.42 Å². The summed E-state index contributed by atoms with van der Waals surface area (Å²) in [6.07, 6.45) is 0. The molecule has 1 saturated heterocycles. The fourth-order valence-electron chi connectivity index (χ4n) is 1.69. The first-order valence-corrected chi connectivity index (χ1v) is 7.02. The molecule has 1 fully saturated rings. The van der Waals surface area contributed by atoms with Crippen molar-refractivity contribution < 1.29 is 17.9 Å². The lowest BCUT2D eigenvalue weighted by atomic mass is 9.87. The molecule has 0 spiro atoms. The van der Waals surface area contributed by atoms with Crippen LogP contribution in [0.25, 0.3) is 0 Å². The van der Waals surface area contributed by atoms with Gasteiger partial charge in [0.25, 0.3) is 0 Å². The Morgan fingerprint density at radius 1 is 1.31 bits per heavy atom. The van der Waals surface area contributed by atoms with Crippen LogP contribution >= 0.6 is 0 Å². The predicted molar refractivity (Wildman–Crippen MR) is 60.8 cm³/mol. The third-order valence-corrected chi connectivity index (χ3v) is 4.46. The van der Waals surface area contributed by atoms with Gasteiger partial charge < -0.3 is 4.74 Å². The molecule has 1 rings (SSSR count). The van der Waals surface area contributed by atoms with Gasteiger partial charge >= 0.3 is 5.97 Å². The highest BCUT2D eigenvalue weighted by Gasteiger charge is 2.40. The van der Waals surface area contributed by atoms with Gasteiger partial charge in [0.2, 0.25) is 0 Å². The molecule has 0 aromatic heterocycles. The van der Waals surface area contributed by atoms with Crippen molar-refractivity contribution in [2.45, 2.75) is 32.9 Å². The second kappa shape index (κ2) is 4.33. The molecular weight excluding hydrogens is 230 g/mol. The van der Waals surface area contributed by atoms with Crippen LogP contribution < -0.4 is 5.32 Å². The smallest absolute Gasteiger partial charge is 0.323 e. The summed E-state index contributed by atoms with van der Waals surface area (Å²) in [6, 6.07) is -0.969. The summed E-state index contributed by atoms with van der Waals surface area (Å²) in [6.45, 7) is 5.83. The normalized spacial score (nSPS) is 29.8. The summed E-state index contributed by atoms with van der Waals surface area (Å²) < 4.78 is 28.0. The Morgan fingerprint density at radius 2 is 1.88 bits per heavy atom. The first-order valence-electron chi connectivity index (χ1n) is 5.20. The SMILES string of the molecule is COC(=O)C1CS(=O)(=O)CC(C(C)(C)C)N1. The number of methoxy groups -OCH3 is 1. The van der Waals surface area contributed by atoms with Gasteiger partial charge in [0, 0.05) is 6.04 Å². The molecule has 0 radical (unpaired) electrons. The Morgan fingerprint density at radius 3 is 2.31 bits per heavy atom. The summed E-state index contributed by atoms with van der Waals surface area (Å²) in [7, 11) is -1.92. The van der Waals surface area contributed by atoms with Gasteiger partial charge in [0.15, 0.2) is 9.84 Å². The minimum atomic E-state index is -3.18. The van der Waals surface area contributed by atoms with Crippen LogP contribution in [0, 0.1) is 5.41 Å². The van der Waals surface area contributed by atoms with E-state index in [0.717, 1.165) is 0 Å². The van der Waals surface area contributed by atoms with E-state index in [-0.39, 0.29) is 23.0 Å². The van der Waals surface area contributed by atoms with E-state index in [0.29, 0.717) is 0 Å². The van der Waals surface area contributed by atoms with Crippen LogP contribution in [0.15, 0.2) is 0 Å². The zero-order valence-electron chi connectivity index (χ0n) is 10.1. The van der Waals surface area contributed by atoms with Crippen LogP contribution in [-0.4, -0.2) is 45.1 Å². The molecule has 0 bridgehead atoms. The van der Waals surface area contributed by atoms with Crippen molar-refractivity contribution in [3.63, 3.8) is 0 Å². The van der Waals surface area contributed by atoms with E-state index in [2.05, 4.69) is 10.1 Å². The number of sulfone groups is 1. The lowest BCUT2D eigenvalue weighted by Gasteiger charge is -2.37. The number of carbonyl (C=O) groups is 1. The van der Waals surface area contributed by atoms with E-state index < -0.39 is 21.8 Å². The molecule has 0 aromatic rings. The molecular formula is C10H19NO4S. The number of esters is 1. The molecule has 1 heterocycles. The molecule has 2 atom stereocenters. The number of hydrogen-bond acceptors (Lipinski definition) is 5. The summed E-state index contributed by atoms with van der Waals surface area (Å²) in [5.41, 5.74) is -0.209. The number of rotatable bonds is 1. The van der Waals surface area contributed by atoms with Crippen LogP contribution in [0.1, 0.15) is 20.8 Å². The van der Waals surface area contributed by atoms with Crippen molar-refractivity contribution in [1.29, 1.82) is 0 Å². The first kappa shape index (κ1) is 13.4. The molecule has 0 saturated carbocycles. The summed E-state index contributed by atoms with van der Waals surface area (Å²) >= 11 is 0. The minimum Gasteiger partial charge on any atom is -0.468 e. The fraction of sp³-hybridized carbons (Fsp3) is 0.900. The maximum atomic E-state index is 11.7. The van der Waals surface area contributed by atoms with Gasteiger partial charge in [-0.3, -0.25) is 10.1 Å². The second-order valence-corrected chi connectivity index (χ2v) is 7.39. The van der Waals surface area contributed by atoms with Crippen molar-refractivity contribution in [1.82, 2.24) is 5.32 Å². The summed E-state index contributed by atoms with van der Waals surface area (Å²) in [4.78, 5) is 11.4. The van der Waals surface area contributed by atoms with Crippen LogP contribution in [0.4, 0.5) is 0 Å². The molecule has 1 aliphatic rings. The topological polar surface area (TPSA) is 72.5 Å².